The molecule has 4 heteroatoms. The van der Waals surface area contributed by atoms with Crippen LogP contribution in [0.3, 0.4) is 0 Å². The van der Waals surface area contributed by atoms with Crippen molar-refractivity contribution in [1.82, 2.24) is 4.98 Å². The molecular formula is C4H5Cl2NPd. The fourth-order valence-corrected chi connectivity index (χ4v) is 0.278. The van der Waals surface area contributed by atoms with Gasteiger partial charge in [-0.3, -0.25) is 0 Å². The Morgan fingerprint density at radius 1 is 1.12 bits per heavy atom. The third-order valence-corrected chi connectivity index (χ3v) is 0.496. The molecule has 0 aromatic carbocycles. The first kappa shape index (κ1) is 8.52. The molecule has 1 nitrogen and oxygen atoms in total. The largest absolute Gasteiger partial charge is 0.368 e. The predicted octanol–water partition coefficient (Wildman–Crippen LogP) is 2.39. The van der Waals surface area contributed by atoms with Crippen LogP contribution >= 0.6 is 19.1 Å². The Labute approximate surface area is 64.5 Å². The number of halogens is 2. The van der Waals surface area contributed by atoms with Crippen LogP contribution < -0.4 is 0 Å². The van der Waals surface area contributed by atoms with Gasteiger partial charge in [0, 0.05) is 12.4 Å². The Morgan fingerprint density at radius 2 is 1.50 bits per heavy atom. The summed E-state index contributed by atoms with van der Waals surface area (Å²) in [5.74, 6) is 0. The molecule has 0 spiro atoms. The Kier molecular flexibility index (Phi) is 8.01. The van der Waals surface area contributed by atoms with E-state index in [2.05, 4.69) is 4.98 Å². The van der Waals surface area contributed by atoms with E-state index in [4.69, 9.17) is 19.1 Å². The topological polar surface area (TPSA) is 15.8 Å². The summed E-state index contributed by atoms with van der Waals surface area (Å²) in [6.07, 6.45) is 3.75. The summed E-state index contributed by atoms with van der Waals surface area (Å²) in [6, 6.07) is 3.89. The average Bonchev–Trinajstić information content (AvgIpc) is 2.17. The summed E-state index contributed by atoms with van der Waals surface area (Å²) >= 11 is -0.106. The van der Waals surface area contributed by atoms with E-state index in [0.717, 1.165) is 0 Å². The molecule has 1 rings (SSSR count). The van der Waals surface area contributed by atoms with Crippen molar-refractivity contribution < 1.29 is 15.9 Å². The number of hydrogen-bond acceptors (Lipinski definition) is 0. The standard InChI is InChI=1S/C4H5N.2ClH.Pd/c1-2-4-5-3-1;;;/h1-5H;2*1H;/q;;;+2/p-2. The Balaban J connectivity index is 0.000000145. The number of nitrogens with one attached hydrogen (secondary N) is 1. The molecule has 0 aliphatic rings. The molecule has 0 aliphatic heterocycles. The molecule has 0 fully saturated rings. The van der Waals surface area contributed by atoms with E-state index in [1.807, 2.05) is 24.5 Å². The first-order valence-corrected chi connectivity index (χ1v) is 5.82. The van der Waals surface area contributed by atoms with Gasteiger partial charge in [-0.25, -0.2) is 0 Å². The molecule has 1 aromatic heterocycles. The van der Waals surface area contributed by atoms with Gasteiger partial charge in [-0.15, -0.1) is 0 Å². The number of aromatic amines is 1. The summed E-state index contributed by atoms with van der Waals surface area (Å²) in [5.41, 5.74) is 0. The van der Waals surface area contributed by atoms with Crippen molar-refractivity contribution in [3.63, 3.8) is 0 Å². The van der Waals surface area contributed by atoms with Crippen LogP contribution in [-0.4, -0.2) is 4.98 Å². The minimum absolute atomic E-state index is 0.106. The van der Waals surface area contributed by atoms with E-state index in [1.165, 1.54) is 0 Å². The molecule has 0 saturated carbocycles. The molecule has 0 radical (unpaired) electrons. The number of H-pyrrole nitrogens is 1. The molecule has 1 aromatic rings. The maximum atomic E-state index is 4.81. The molecular weight excluding hydrogens is 239 g/mol. The van der Waals surface area contributed by atoms with Gasteiger partial charge in [-0.2, -0.15) is 0 Å². The van der Waals surface area contributed by atoms with E-state index in [1.54, 1.807) is 0 Å². The monoisotopic (exact) mass is 243 g/mol. The third kappa shape index (κ3) is 6.52. The summed E-state index contributed by atoms with van der Waals surface area (Å²) in [6.45, 7) is 0. The SMILES string of the molecule is [Cl][Pd][Cl].c1cc[nH]c1. The minimum Gasteiger partial charge on any atom is -0.368 e. The van der Waals surface area contributed by atoms with Gasteiger partial charge in [-0.1, -0.05) is 0 Å². The Hall–Kier alpha value is 0.522. The Bertz CT molecular complexity index is 80.9. The van der Waals surface area contributed by atoms with Crippen LogP contribution in [0.25, 0.3) is 0 Å². The van der Waals surface area contributed by atoms with Crippen LogP contribution in [-0.2, 0) is 15.9 Å². The summed E-state index contributed by atoms with van der Waals surface area (Å²) < 4.78 is 0. The van der Waals surface area contributed by atoms with Gasteiger partial charge in [0.1, 0.15) is 0 Å². The maximum absolute atomic E-state index is 4.81. The second-order valence-corrected chi connectivity index (χ2v) is 3.29. The van der Waals surface area contributed by atoms with Gasteiger partial charge in [0.15, 0.2) is 0 Å². The molecule has 0 aliphatic carbocycles. The molecule has 0 bridgehead atoms. The molecule has 0 saturated heterocycles. The number of hydrogen-bond donors (Lipinski definition) is 1. The smallest absolute Gasteiger partial charge is 0.000496 e. The van der Waals surface area contributed by atoms with Crippen molar-refractivity contribution in [2.45, 2.75) is 0 Å². The molecule has 50 valence electrons. The van der Waals surface area contributed by atoms with E-state index in [9.17, 15) is 0 Å². The van der Waals surface area contributed by atoms with Gasteiger partial charge in [-0.05, 0) is 12.1 Å². The van der Waals surface area contributed by atoms with Crippen LogP contribution in [0, 0.1) is 0 Å². The average molecular weight is 244 g/mol. The van der Waals surface area contributed by atoms with Gasteiger partial charge in [0.25, 0.3) is 0 Å². The van der Waals surface area contributed by atoms with Gasteiger partial charge < -0.3 is 4.98 Å². The second kappa shape index (κ2) is 7.52. The van der Waals surface area contributed by atoms with E-state index in [0.29, 0.717) is 0 Å². The Morgan fingerprint density at radius 3 is 1.62 bits per heavy atom. The quantitative estimate of drug-likeness (QED) is 0.675. The maximum Gasteiger partial charge on any atom is 0.000496 e. The molecule has 0 atom stereocenters. The van der Waals surface area contributed by atoms with E-state index in [-0.39, 0.29) is 15.9 Å². The molecule has 1 heterocycles. The summed E-state index contributed by atoms with van der Waals surface area (Å²) in [5, 5.41) is 0. The molecule has 0 unspecified atom stereocenters. The van der Waals surface area contributed by atoms with Crippen LogP contribution in [0.1, 0.15) is 0 Å². The van der Waals surface area contributed by atoms with E-state index >= 15 is 0 Å². The van der Waals surface area contributed by atoms with Gasteiger partial charge >= 0.3 is 35.0 Å². The van der Waals surface area contributed by atoms with Crippen LogP contribution in [0.2, 0.25) is 0 Å². The van der Waals surface area contributed by atoms with Gasteiger partial charge in [0.05, 0.1) is 0 Å². The van der Waals surface area contributed by atoms with Crippen LogP contribution in [0.5, 0.6) is 0 Å². The van der Waals surface area contributed by atoms with Crippen LogP contribution in [0.4, 0.5) is 0 Å². The molecule has 8 heavy (non-hydrogen) atoms. The van der Waals surface area contributed by atoms with Crippen molar-refractivity contribution in [3.05, 3.63) is 24.5 Å². The molecule has 0 amide bonds. The van der Waals surface area contributed by atoms with Crippen molar-refractivity contribution >= 4 is 19.1 Å². The molecule has 1 N–H and O–H groups in total. The summed E-state index contributed by atoms with van der Waals surface area (Å²) in [7, 11) is 9.63. The predicted molar refractivity (Wildman–Crippen MR) is 32.5 cm³/mol. The fourth-order valence-electron chi connectivity index (χ4n) is 0.278. The number of aromatic nitrogens is 1. The zero-order valence-corrected chi connectivity index (χ0v) is 6.95. The fraction of sp³-hybridized carbons (Fsp3) is 0. The minimum atomic E-state index is -0.106. The first-order valence-electron chi connectivity index (χ1n) is 1.82. The first-order chi connectivity index (χ1) is 3.91. The second-order valence-electron chi connectivity index (χ2n) is 0.930. The van der Waals surface area contributed by atoms with Crippen molar-refractivity contribution in [3.8, 4) is 0 Å². The number of rotatable bonds is 0. The van der Waals surface area contributed by atoms with Crippen molar-refractivity contribution in [2.75, 3.05) is 0 Å². The normalized spacial score (nSPS) is 7.75. The zero-order valence-electron chi connectivity index (χ0n) is 3.88. The van der Waals surface area contributed by atoms with Gasteiger partial charge in [0.2, 0.25) is 0 Å². The summed E-state index contributed by atoms with van der Waals surface area (Å²) in [4.78, 5) is 2.86. The van der Waals surface area contributed by atoms with Crippen LogP contribution in [0.15, 0.2) is 24.5 Å². The van der Waals surface area contributed by atoms with E-state index < -0.39 is 0 Å². The zero-order chi connectivity index (χ0) is 6.24. The van der Waals surface area contributed by atoms with Crippen molar-refractivity contribution in [2.24, 2.45) is 0 Å². The third-order valence-electron chi connectivity index (χ3n) is 0.496. The van der Waals surface area contributed by atoms with Crippen molar-refractivity contribution in [1.29, 1.82) is 0 Å².